The Bertz CT molecular complexity index is 809. The number of nitrogens with one attached hydrogen (secondary N) is 2. The molecule has 0 unspecified atom stereocenters. The van der Waals surface area contributed by atoms with E-state index in [1.807, 2.05) is 38.1 Å². The number of carbonyl (C=O) groups is 1. The van der Waals surface area contributed by atoms with E-state index in [4.69, 9.17) is 4.42 Å². The van der Waals surface area contributed by atoms with Gasteiger partial charge in [-0.2, -0.15) is 0 Å². The molecule has 0 aliphatic carbocycles. The number of furan rings is 1. The van der Waals surface area contributed by atoms with Gasteiger partial charge in [0.2, 0.25) is 0 Å². The van der Waals surface area contributed by atoms with Gasteiger partial charge in [-0.05, 0) is 38.1 Å². The van der Waals surface area contributed by atoms with Crippen LogP contribution in [0.15, 0.2) is 47.3 Å². The summed E-state index contributed by atoms with van der Waals surface area (Å²) >= 11 is 1.69. The van der Waals surface area contributed by atoms with Crippen LogP contribution in [-0.2, 0) is 6.54 Å². The quantitative estimate of drug-likeness (QED) is 0.736. The summed E-state index contributed by atoms with van der Waals surface area (Å²) in [5.41, 5.74) is 3.24. The summed E-state index contributed by atoms with van der Waals surface area (Å²) in [5.74, 6) is -0.190. The summed E-state index contributed by atoms with van der Waals surface area (Å²) in [4.78, 5) is 17.7. The van der Waals surface area contributed by atoms with Crippen LogP contribution >= 0.6 is 11.3 Å². The van der Waals surface area contributed by atoms with Crippen LogP contribution in [0.1, 0.15) is 25.9 Å². The lowest BCUT2D eigenvalue weighted by Crippen LogP contribution is -2.11. The molecule has 2 aromatic heterocycles. The van der Waals surface area contributed by atoms with E-state index in [2.05, 4.69) is 15.6 Å². The van der Waals surface area contributed by atoms with E-state index in [1.54, 1.807) is 17.4 Å². The van der Waals surface area contributed by atoms with Crippen molar-refractivity contribution in [2.75, 3.05) is 10.6 Å². The fraction of sp³-hybridized carbons (Fsp3) is 0.176. The summed E-state index contributed by atoms with van der Waals surface area (Å²) in [5, 5.41) is 7.28. The molecule has 0 aliphatic heterocycles. The van der Waals surface area contributed by atoms with Crippen LogP contribution in [0.5, 0.6) is 0 Å². The van der Waals surface area contributed by atoms with Gasteiger partial charge in [-0.25, -0.2) is 4.98 Å². The lowest BCUT2D eigenvalue weighted by atomic mass is 10.2. The molecule has 1 amide bonds. The third-order valence-electron chi connectivity index (χ3n) is 3.36. The zero-order chi connectivity index (χ0) is 16.2. The molecular formula is C17H17N3O2S. The van der Waals surface area contributed by atoms with Crippen molar-refractivity contribution in [1.82, 2.24) is 4.98 Å². The minimum Gasteiger partial charge on any atom is -0.472 e. The Morgan fingerprint density at radius 1 is 1.26 bits per heavy atom. The van der Waals surface area contributed by atoms with Gasteiger partial charge in [0, 0.05) is 16.3 Å². The van der Waals surface area contributed by atoms with Crippen LogP contribution in [0.4, 0.5) is 11.4 Å². The number of amides is 1. The monoisotopic (exact) mass is 327 g/mol. The molecule has 2 heterocycles. The summed E-state index contributed by atoms with van der Waals surface area (Å²) in [7, 11) is 0. The molecule has 0 atom stereocenters. The number of hydrogen-bond acceptors (Lipinski definition) is 5. The van der Waals surface area contributed by atoms with Crippen molar-refractivity contribution in [3.05, 3.63) is 64.0 Å². The number of thiazole rings is 1. The summed E-state index contributed by atoms with van der Waals surface area (Å²) < 4.78 is 4.92. The highest BCUT2D eigenvalue weighted by atomic mass is 32.1. The number of hydrogen-bond donors (Lipinski definition) is 2. The number of benzene rings is 1. The zero-order valence-electron chi connectivity index (χ0n) is 12.9. The number of anilines is 2. The highest BCUT2D eigenvalue weighted by molar-refractivity contribution is 7.11. The molecule has 0 aliphatic rings. The standard InChI is InChI=1S/C17H17N3O2S/c1-11-16(23-12(2)19-11)9-18-14-4-3-5-15(8-14)20-17(21)13-6-7-22-10-13/h3-8,10,18H,9H2,1-2H3,(H,20,21). The normalized spacial score (nSPS) is 10.5. The predicted octanol–water partition coefficient (Wildman–Crippen LogP) is 4.22. The maximum absolute atomic E-state index is 12.0. The lowest BCUT2D eigenvalue weighted by molar-refractivity contribution is 0.102. The Balaban J connectivity index is 1.65. The van der Waals surface area contributed by atoms with E-state index in [9.17, 15) is 4.79 Å². The third kappa shape index (κ3) is 3.78. The molecule has 3 aromatic rings. The first-order chi connectivity index (χ1) is 11.1. The number of aromatic nitrogens is 1. The van der Waals surface area contributed by atoms with Crippen LogP contribution in [0.25, 0.3) is 0 Å². The van der Waals surface area contributed by atoms with Crippen molar-refractivity contribution >= 4 is 28.6 Å². The molecule has 118 valence electrons. The molecule has 0 saturated heterocycles. The average Bonchev–Trinajstić information content (AvgIpc) is 3.15. The average molecular weight is 327 g/mol. The van der Waals surface area contributed by atoms with Crippen LogP contribution in [0, 0.1) is 13.8 Å². The van der Waals surface area contributed by atoms with Crippen LogP contribution in [0.3, 0.4) is 0 Å². The van der Waals surface area contributed by atoms with Gasteiger partial charge >= 0.3 is 0 Å². The Hall–Kier alpha value is -2.60. The second kappa shape index (κ2) is 6.66. The van der Waals surface area contributed by atoms with Crippen LogP contribution < -0.4 is 10.6 Å². The molecule has 2 N–H and O–H groups in total. The molecular weight excluding hydrogens is 310 g/mol. The fourth-order valence-electron chi connectivity index (χ4n) is 2.22. The molecule has 0 bridgehead atoms. The van der Waals surface area contributed by atoms with Gasteiger partial charge in [0.05, 0.1) is 29.1 Å². The largest absolute Gasteiger partial charge is 0.472 e. The first kappa shape index (κ1) is 15.3. The van der Waals surface area contributed by atoms with Crippen molar-refractivity contribution in [1.29, 1.82) is 0 Å². The van der Waals surface area contributed by atoms with Crippen molar-refractivity contribution in [3.63, 3.8) is 0 Å². The lowest BCUT2D eigenvalue weighted by Gasteiger charge is -2.08. The molecule has 6 heteroatoms. The summed E-state index contributed by atoms with van der Waals surface area (Å²) in [6.45, 7) is 4.74. The third-order valence-corrected chi connectivity index (χ3v) is 4.43. The highest BCUT2D eigenvalue weighted by Gasteiger charge is 2.08. The van der Waals surface area contributed by atoms with Crippen molar-refractivity contribution in [3.8, 4) is 0 Å². The fourth-order valence-corrected chi connectivity index (χ4v) is 3.10. The minimum absolute atomic E-state index is 0.190. The maximum atomic E-state index is 12.0. The highest BCUT2D eigenvalue weighted by Crippen LogP contribution is 2.21. The second-order valence-corrected chi connectivity index (χ2v) is 6.43. The predicted molar refractivity (Wildman–Crippen MR) is 92.0 cm³/mol. The zero-order valence-corrected chi connectivity index (χ0v) is 13.7. The number of carbonyl (C=O) groups excluding carboxylic acids is 1. The second-order valence-electron chi connectivity index (χ2n) is 5.14. The summed E-state index contributed by atoms with van der Waals surface area (Å²) in [6.07, 6.45) is 2.90. The van der Waals surface area contributed by atoms with Gasteiger partial charge in [-0.3, -0.25) is 4.79 Å². The van der Waals surface area contributed by atoms with E-state index in [1.165, 1.54) is 17.4 Å². The van der Waals surface area contributed by atoms with Crippen molar-refractivity contribution in [2.45, 2.75) is 20.4 Å². The number of nitrogens with zero attached hydrogens (tertiary/aromatic N) is 1. The van der Waals surface area contributed by atoms with Crippen LogP contribution in [-0.4, -0.2) is 10.9 Å². The topological polar surface area (TPSA) is 67.2 Å². The van der Waals surface area contributed by atoms with Crippen molar-refractivity contribution < 1.29 is 9.21 Å². The Kier molecular flexibility index (Phi) is 4.43. The van der Waals surface area contributed by atoms with Crippen LogP contribution in [0.2, 0.25) is 0 Å². The molecule has 5 nitrogen and oxygen atoms in total. The molecule has 0 saturated carbocycles. The van der Waals surface area contributed by atoms with E-state index >= 15 is 0 Å². The Morgan fingerprint density at radius 3 is 2.78 bits per heavy atom. The molecule has 1 aromatic carbocycles. The van der Waals surface area contributed by atoms with Gasteiger partial charge in [0.1, 0.15) is 6.26 Å². The van der Waals surface area contributed by atoms with Gasteiger partial charge in [-0.1, -0.05) is 6.07 Å². The van der Waals surface area contributed by atoms with Gasteiger partial charge in [0.25, 0.3) is 5.91 Å². The first-order valence-electron chi connectivity index (χ1n) is 7.22. The maximum Gasteiger partial charge on any atom is 0.258 e. The van der Waals surface area contributed by atoms with E-state index < -0.39 is 0 Å². The minimum atomic E-state index is -0.190. The Labute approximate surface area is 138 Å². The smallest absolute Gasteiger partial charge is 0.258 e. The molecule has 23 heavy (non-hydrogen) atoms. The number of rotatable bonds is 5. The SMILES string of the molecule is Cc1nc(C)c(CNc2cccc(NC(=O)c3ccoc3)c2)s1. The van der Waals surface area contributed by atoms with Gasteiger partial charge in [0.15, 0.2) is 0 Å². The molecule has 0 fully saturated rings. The first-order valence-corrected chi connectivity index (χ1v) is 8.04. The van der Waals surface area contributed by atoms with Gasteiger partial charge < -0.3 is 15.1 Å². The van der Waals surface area contributed by atoms with E-state index in [0.717, 1.165) is 28.6 Å². The molecule has 0 radical (unpaired) electrons. The Morgan fingerprint density at radius 2 is 2.09 bits per heavy atom. The van der Waals surface area contributed by atoms with E-state index in [0.29, 0.717) is 5.56 Å². The van der Waals surface area contributed by atoms with Gasteiger partial charge in [-0.15, -0.1) is 11.3 Å². The molecule has 0 spiro atoms. The number of aryl methyl sites for hydroxylation is 2. The molecule has 3 rings (SSSR count). The summed E-state index contributed by atoms with van der Waals surface area (Å²) in [6, 6.07) is 9.26. The van der Waals surface area contributed by atoms with E-state index in [-0.39, 0.29) is 5.91 Å². The van der Waals surface area contributed by atoms with Crippen molar-refractivity contribution in [2.24, 2.45) is 0 Å².